The molecule has 2 aromatic heterocycles. The van der Waals surface area contributed by atoms with Crippen LogP contribution >= 0.6 is 11.8 Å². The molecule has 0 aliphatic heterocycles. The maximum absolute atomic E-state index is 13.8. The van der Waals surface area contributed by atoms with E-state index in [2.05, 4.69) is 15.5 Å². The molecular formula is C23H21FN4O3S. The van der Waals surface area contributed by atoms with Gasteiger partial charge in [0.15, 0.2) is 11.0 Å². The number of furan rings is 1. The van der Waals surface area contributed by atoms with Gasteiger partial charge in [-0.2, -0.15) is 0 Å². The Balaban J connectivity index is 1.45. The number of thioether (sulfide) groups is 1. The van der Waals surface area contributed by atoms with Crippen LogP contribution in [0.25, 0.3) is 0 Å². The van der Waals surface area contributed by atoms with E-state index in [1.165, 1.54) is 23.9 Å². The van der Waals surface area contributed by atoms with Crippen LogP contribution < -0.4 is 10.1 Å². The molecule has 4 aromatic rings. The molecule has 1 amide bonds. The molecular weight excluding hydrogens is 431 g/mol. The van der Waals surface area contributed by atoms with Crippen molar-refractivity contribution in [1.29, 1.82) is 0 Å². The van der Waals surface area contributed by atoms with E-state index in [0.29, 0.717) is 17.5 Å². The number of nitrogens with zero attached hydrogens (tertiary/aromatic N) is 3. The number of carbonyl (C=O) groups excluding carboxylic acids is 1. The van der Waals surface area contributed by atoms with Crippen molar-refractivity contribution in [3.8, 4) is 5.75 Å². The zero-order valence-corrected chi connectivity index (χ0v) is 18.1. The minimum absolute atomic E-state index is 0.0451. The Labute approximate surface area is 188 Å². The molecule has 0 aliphatic carbocycles. The summed E-state index contributed by atoms with van der Waals surface area (Å²) >= 11 is 1.20. The largest absolute Gasteiger partial charge is 0.486 e. The van der Waals surface area contributed by atoms with Crippen molar-refractivity contribution < 1.29 is 18.3 Å². The quantitative estimate of drug-likeness (QED) is 0.372. The van der Waals surface area contributed by atoms with Gasteiger partial charge in [-0.25, -0.2) is 4.39 Å². The Kier molecular flexibility index (Phi) is 6.86. The van der Waals surface area contributed by atoms with Crippen LogP contribution in [0.3, 0.4) is 0 Å². The molecule has 0 atom stereocenters. The number of para-hydroxylation sites is 1. The Morgan fingerprint density at radius 1 is 1.12 bits per heavy atom. The third kappa shape index (κ3) is 5.55. The van der Waals surface area contributed by atoms with Crippen molar-refractivity contribution in [1.82, 2.24) is 14.8 Å². The molecule has 0 unspecified atom stereocenters. The fourth-order valence-corrected chi connectivity index (χ4v) is 3.67. The molecule has 164 valence electrons. The van der Waals surface area contributed by atoms with Crippen LogP contribution in [0.1, 0.15) is 17.1 Å². The average Bonchev–Trinajstić information content (AvgIpc) is 3.44. The monoisotopic (exact) mass is 452 g/mol. The maximum Gasteiger partial charge on any atom is 0.234 e. The van der Waals surface area contributed by atoms with Crippen LogP contribution in [0.15, 0.2) is 76.5 Å². The van der Waals surface area contributed by atoms with Gasteiger partial charge in [-0.05, 0) is 43.3 Å². The molecule has 0 spiro atoms. The van der Waals surface area contributed by atoms with Gasteiger partial charge in [0, 0.05) is 0 Å². The summed E-state index contributed by atoms with van der Waals surface area (Å²) in [5, 5.41) is 11.6. The zero-order chi connectivity index (χ0) is 22.3. The molecule has 2 aromatic carbocycles. The highest BCUT2D eigenvalue weighted by atomic mass is 32.2. The van der Waals surface area contributed by atoms with E-state index in [0.717, 1.165) is 17.1 Å². The van der Waals surface area contributed by atoms with E-state index in [1.807, 2.05) is 41.8 Å². The zero-order valence-electron chi connectivity index (χ0n) is 17.3. The van der Waals surface area contributed by atoms with E-state index in [9.17, 15) is 9.18 Å². The van der Waals surface area contributed by atoms with Gasteiger partial charge in [-0.15, -0.1) is 10.2 Å². The highest BCUT2D eigenvalue weighted by Gasteiger charge is 2.17. The van der Waals surface area contributed by atoms with Crippen LogP contribution in [0.2, 0.25) is 0 Å². The van der Waals surface area contributed by atoms with E-state index >= 15 is 0 Å². The lowest BCUT2D eigenvalue weighted by Crippen LogP contribution is -2.16. The molecule has 0 aliphatic rings. The number of rotatable bonds is 9. The number of hydrogen-bond acceptors (Lipinski definition) is 6. The molecule has 2 heterocycles. The molecule has 0 saturated carbocycles. The first-order valence-corrected chi connectivity index (χ1v) is 10.9. The number of ether oxygens (including phenoxy) is 1. The molecule has 1 N–H and O–H groups in total. The van der Waals surface area contributed by atoms with Crippen molar-refractivity contribution >= 4 is 23.4 Å². The first kappa shape index (κ1) is 21.6. The molecule has 4 rings (SSSR count). The normalized spacial score (nSPS) is 10.8. The number of carbonyl (C=O) groups is 1. The number of nitrogens with one attached hydrogen (secondary N) is 1. The van der Waals surface area contributed by atoms with Crippen LogP contribution in [0.4, 0.5) is 10.1 Å². The first-order valence-electron chi connectivity index (χ1n) is 9.89. The van der Waals surface area contributed by atoms with Gasteiger partial charge in [0.1, 0.15) is 23.9 Å². The highest BCUT2D eigenvalue weighted by Crippen LogP contribution is 2.21. The third-order valence-corrected chi connectivity index (χ3v) is 5.52. The second-order valence-corrected chi connectivity index (χ2v) is 7.93. The van der Waals surface area contributed by atoms with Crippen molar-refractivity contribution in [3.05, 3.63) is 89.9 Å². The lowest BCUT2D eigenvalue weighted by atomic mass is 10.2. The molecule has 0 saturated heterocycles. The van der Waals surface area contributed by atoms with E-state index in [4.69, 9.17) is 9.15 Å². The van der Waals surface area contributed by atoms with Gasteiger partial charge < -0.3 is 14.5 Å². The summed E-state index contributed by atoms with van der Waals surface area (Å²) in [5.41, 5.74) is 1.29. The van der Waals surface area contributed by atoms with Gasteiger partial charge in [-0.1, -0.05) is 41.6 Å². The summed E-state index contributed by atoms with van der Waals surface area (Å²) in [4.78, 5) is 12.3. The van der Waals surface area contributed by atoms with Crippen molar-refractivity contribution in [3.63, 3.8) is 0 Å². The Hall–Kier alpha value is -3.59. The van der Waals surface area contributed by atoms with Crippen LogP contribution in [0, 0.1) is 12.7 Å². The maximum atomic E-state index is 13.8. The number of aryl methyl sites for hydroxylation is 1. The second-order valence-electron chi connectivity index (χ2n) is 6.98. The standard InChI is InChI=1S/C23H21FN4O3S/c1-16-8-10-17(11-9-16)31-14-21-26-27-23(28(21)13-18-5-4-12-30-18)32-15-22(29)25-20-7-3-2-6-19(20)24/h2-12H,13-15H2,1H3,(H,25,29). The van der Waals surface area contributed by atoms with Crippen LogP contribution in [-0.4, -0.2) is 26.4 Å². The summed E-state index contributed by atoms with van der Waals surface area (Å²) < 4.78 is 26.9. The number of aromatic nitrogens is 3. The smallest absolute Gasteiger partial charge is 0.234 e. The lowest BCUT2D eigenvalue weighted by Gasteiger charge is -2.10. The molecule has 0 fully saturated rings. The number of hydrogen-bond donors (Lipinski definition) is 1. The average molecular weight is 453 g/mol. The van der Waals surface area contributed by atoms with Crippen LogP contribution in [0.5, 0.6) is 5.75 Å². The molecule has 7 nitrogen and oxygen atoms in total. The summed E-state index contributed by atoms with van der Waals surface area (Å²) in [7, 11) is 0. The topological polar surface area (TPSA) is 82.2 Å². The van der Waals surface area contributed by atoms with Gasteiger partial charge in [0.2, 0.25) is 5.91 Å². The Morgan fingerprint density at radius 2 is 1.94 bits per heavy atom. The number of halogens is 1. The van der Waals surface area contributed by atoms with Gasteiger partial charge in [-0.3, -0.25) is 9.36 Å². The Morgan fingerprint density at radius 3 is 2.69 bits per heavy atom. The summed E-state index contributed by atoms with van der Waals surface area (Å²) in [6, 6.07) is 17.4. The first-order chi connectivity index (χ1) is 15.6. The number of anilines is 1. The van der Waals surface area contributed by atoms with E-state index in [-0.39, 0.29) is 24.0 Å². The Bertz CT molecular complexity index is 1180. The molecule has 0 bridgehead atoms. The predicted molar refractivity (Wildman–Crippen MR) is 119 cm³/mol. The molecule has 32 heavy (non-hydrogen) atoms. The highest BCUT2D eigenvalue weighted by molar-refractivity contribution is 7.99. The summed E-state index contributed by atoms with van der Waals surface area (Å²) in [5.74, 6) is 1.26. The van der Waals surface area contributed by atoms with Gasteiger partial charge in [0.05, 0.1) is 24.2 Å². The van der Waals surface area contributed by atoms with Crippen LogP contribution in [-0.2, 0) is 17.9 Å². The minimum Gasteiger partial charge on any atom is -0.486 e. The fraction of sp³-hybridized carbons (Fsp3) is 0.174. The summed E-state index contributed by atoms with van der Waals surface area (Å²) in [6.45, 7) is 2.61. The minimum atomic E-state index is -0.484. The van der Waals surface area contributed by atoms with E-state index < -0.39 is 5.82 Å². The molecule has 9 heteroatoms. The fourth-order valence-electron chi connectivity index (χ4n) is 2.91. The van der Waals surface area contributed by atoms with Crippen molar-refractivity contribution in [2.75, 3.05) is 11.1 Å². The number of benzene rings is 2. The van der Waals surface area contributed by atoms with Gasteiger partial charge in [0.25, 0.3) is 0 Å². The SMILES string of the molecule is Cc1ccc(OCc2nnc(SCC(=O)Nc3ccccc3F)n2Cc2ccco2)cc1. The third-order valence-electron chi connectivity index (χ3n) is 4.56. The van der Waals surface area contributed by atoms with Gasteiger partial charge >= 0.3 is 0 Å². The van der Waals surface area contributed by atoms with E-state index in [1.54, 1.807) is 24.5 Å². The lowest BCUT2D eigenvalue weighted by molar-refractivity contribution is -0.113. The van der Waals surface area contributed by atoms with Crippen molar-refractivity contribution in [2.45, 2.75) is 25.2 Å². The number of amides is 1. The van der Waals surface area contributed by atoms with Crippen molar-refractivity contribution in [2.24, 2.45) is 0 Å². The summed E-state index contributed by atoms with van der Waals surface area (Å²) in [6.07, 6.45) is 1.59. The predicted octanol–water partition coefficient (Wildman–Crippen LogP) is 4.68. The second kappa shape index (κ2) is 10.1. The molecule has 0 radical (unpaired) electrons.